The van der Waals surface area contributed by atoms with Crippen molar-refractivity contribution in [1.29, 1.82) is 0 Å². The number of nitrogens with one attached hydrogen (secondary N) is 1. The normalized spacial score (nSPS) is 9.53. The van der Waals surface area contributed by atoms with Crippen LogP contribution in [0.25, 0.3) is 0 Å². The summed E-state index contributed by atoms with van der Waals surface area (Å²) < 4.78 is 0. The highest BCUT2D eigenvalue weighted by Gasteiger charge is 2.11. The summed E-state index contributed by atoms with van der Waals surface area (Å²) in [5.74, 6) is -0.740. The van der Waals surface area contributed by atoms with Crippen LogP contribution in [0.4, 0.5) is 5.82 Å². The van der Waals surface area contributed by atoms with Gasteiger partial charge in [0.05, 0.1) is 5.02 Å². The fourth-order valence-electron chi connectivity index (χ4n) is 1.52. The molecule has 0 spiro atoms. The number of aromatic nitrogens is 1. The molecule has 100 valence electrons. The molecule has 0 radical (unpaired) electrons. The number of carboxylic acids is 1. The fourth-order valence-corrected chi connectivity index (χ4v) is 1.68. The standard InChI is InChI=1S/C13H11ClN2O2.ClH/c14-10-6-11(13(17)18)12(16-8-10)15-7-9-4-2-1-3-5-9;/h1-6,8H,7H2,(H,15,16)(H,17,18);1H. The van der Waals surface area contributed by atoms with Crippen LogP contribution < -0.4 is 5.32 Å². The second-order valence-corrected chi connectivity index (χ2v) is 4.13. The monoisotopic (exact) mass is 298 g/mol. The zero-order valence-corrected chi connectivity index (χ0v) is 11.4. The smallest absolute Gasteiger partial charge is 0.339 e. The van der Waals surface area contributed by atoms with E-state index >= 15 is 0 Å². The zero-order chi connectivity index (χ0) is 13.0. The number of rotatable bonds is 4. The van der Waals surface area contributed by atoms with Gasteiger partial charge in [-0.1, -0.05) is 41.9 Å². The second kappa shape index (κ2) is 6.97. The molecule has 0 atom stereocenters. The molecule has 0 aliphatic carbocycles. The van der Waals surface area contributed by atoms with Crippen LogP contribution in [0.3, 0.4) is 0 Å². The molecular formula is C13H12Cl2N2O2. The number of carboxylic acid groups (broad SMARTS) is 1. The summed E-state index contributed by atoms with van der Waals surface area (Å²) in [6, 6.07) is 11.0. The van der Waals surface area contributed by atoms with E-state index in [4.69, 9.17) is 16.7 Å². The van der Waals surface area contributed by atoms with Gasteiger partial charge in [0.15, 0.2) is 0 Å². The highest BCUT2D eigenvalue weighted by atomic mass is 35.5. The topological polar surface area (TPSA) is 62.2 Å². The van der Waals surface area contributed by atoms with E-state index in [2.05, 4.69) is 10.3 Å². The molecule has 2 rings (SSSR count). The maximum Gasteiger partial charge on any atom is 0.339 e. The van der Waals surface area contributed by atoms with Crippen LogP contribution in [0.1, 0.15) is 15.9 Å². The van der Waals surface area contributed by atoms with Gasteiger partial charge < -0.3 is 10.4 Å². The lowest BCUT2D eigenvalue weighted by Crippen LogP contribution is -2.08. The quantitative estimate of drug-likeness (QED) is 0.907. The first-order valence-electron chi connectivity index (χ1n) is 5.33. The summed E-state index contributed by atoms with van der Waals surface area (Å²) in [6.45, 7) is 0.510. The van der Waals surface area contributed by atoms with Gasteiger partial charge >= 0.3 is 5.97 Å². The number of carbonyl (C=O) groups is 1. The van der Waals surface area contributed by atoms with Crippen LogP contribution in [0.2, 0.25) is 5.02 Å². The first kappa shape index (κ1) is 15.3. The van der Waals surface area contributed by atoms with Crippen molar-refractivity contribution < 1.29 is 9.90 Å². The summed E-state index contributed by atoms with van der Waals surface area (Å²) in [6.07, 6.45) is 1.42. The third kappa shape index (κ3) is 4.12. The van der Waals surface area contributed by atoms with E-state index in [1.54, 1.807) is 0 Å². The molecule has 6 heteroatoms. The van der Waals surface area contributed by atoms with E-state index < -0.39 is 5.97 Å². The van der Waals surface area contributed by atoms with Crippen LogP contribution in [0.5, 0.6) is 0 Å². The van der Waals surface area contributed by atoms with Crippen molar-refractivity contribution in [3.63, 3.8) is 0 Å². The summed E-state index contributed by atoms with van der Waals surface area (Å²) in [4.78, 5) is 15.0. The molecular weight excluding hydrogens is 287 g/mol. The molecule has 4 nitrogen and oxygen atoms in total. The van der Waals surface area contributed by atoms with Crippen LogP contribution >= 0.6 is 24.0 Å². The zero-order valence-electron chi connectivity index (χ0n) is 9.84. The van der Waals surface area contributed by atoms with Crippen molar-refractivity contribution in [1.82, 2.24) is 4.98 Å². The molecule has 2 N–H and O–H groups in total. The number of hydrogen-bond acceptors (Lipinski definition) is 3. The minimum atomic E-state index is -1.06. The van der Waals surface area contributed by atoms with Gasteiger partial charge in [0.1, 0.15) is 11.4 Å². The molecule has 0 fully saturated rings. The van der Waals surface area contributed by atoms with Crippen LogP contribution in [0.15, 0.2) is 42.6 Å². The molecule has 0 bridgehead atoms. The second-order valence-electron chi connectivity index (χ2n) is 3.69. The molecule has 0 saturated carbocycles. The van der Waals surface area contributed by atoms with Crippen molar-refractivity contribution in [2.45, 2.75) is 6.54 Å². The first-order chi connectivity index (χ1) is 8.66. The van der Waals surface area contributed by atoms with Gasteiger partial charge in [-0.05, 0) is 11.6 Å². The predicted molar refractivity (Wildman–Crippen MR) is 77.2 cm³/mol. The van der Waals surface area contributed by atoms with E-state index in [0.29, 0.717) is 17.4 Å². The van der Waals surface area contributed by atoms with Crippen molar-refractivity contribution >= 4 is 35.8 Å². The van der Waals surface area contributed by atoms with Gasteiger partial charge in [-0.2, -0.15) is 0 Å². The number of hydrogen-bond donors (Lipinski definition) is 2. The van der Waals surface area contributed by atoms with Crippen molar-refractivity contribution in [2.75, 3.05) is 5.32 Å². The summed E-state index contributed by atoms with van der Waals surface area (Å²) in [7, 11) is 0. The Balaban J connectivity index is 0.00000180. The third-order valence-electron chi connectivity index (χ3n) is 2.39. The molecule has 0 amide bonds. The highest BCUT2D eigenvalue weighted by Crippen LogP contribution is 2.18. The average Bonchev–Trinajstić information content (AvgIpc) is 2.38. The number of benzene rings is 1. The van der Waals surface area contributed by atoms with E-state index in [0.717, 1.165) is 5.56 Å². The van der Waals surface area contributed by atoms with Crippen molar-refractivity contribution in [3.8, 4) is 0 Å². The van der Waals surface area contributed by atoms with Crippen LogP contribution in [0, 0.1) is 0 Å². The van der Waals surface area contributed by atoms with Gasteiger partial charge in [-0.25, -0.2) is 9.78 Å². The summed E-state index contributed by atoms with van der Waals surface area (Å²) >= 11 is 5.72. The van der Waals surface area contributed by atoms with Crippen LogP contribution in [-0.4, -0.2) is 16.1 Å². The molecule has 1 aromatic carbocycles. The SMILES string of the molecule is Cl.O=C(O)c1cc(Cl)cnc1NCc1ccccc1. The molecule has 0 aliphatic rings. The number of aromatic carboxylic acids is 1. The largest absolute Gasteiger partial charge is 0.478 e. The summed E-state index contributed by atoms with van der Waals surface area (Å²) in [5.41, 5.74) is 1.11. The number of pyridine rings is 1. The number of halogens is 2. The lowest BCUT2D eigenvalue weighted by molar-refractivity contribution is 0.0697. The molecule has 0 unspecified atom stereocenters. The Morgan fingerprint density at radius 2 is 2.00 bits per heavy atom. The van der Waals surface area contributed by atoms with E-state index in [1.165, 1.54) is 12.3 Å². The van der Waals surface area contributed by atoms with Gasteiger partial charge in [0.2, 0.25) is 0 Å². The maximum absolute atomic E-state index is 11.0. The van der Waals surface area contributed by atoms with E-state index in [-0.39, 0.29) is 18.0 Å². The Bertz CT molecular complexity index is 562. The Morgan fingerprint density at radius 1 is 1.32 bits per heavy atom. The van der Waals surface area contributed by atoms with Crippen LogP contribution in [-0.2, 0) is 6.54 Å². The third-order valence-corrected chi connectivity index (χ3v) is 2.59. The molecule has 19 heavy (non-hydrogen) atoms. The Hall–Kier alpha value is -1.78. The Kier molecular flexibility index (Phi) is 5.60. The van der Waals surface area contributed by atoms with Gasteiger partial charge in [-0.3, -0.25) is 0 Å². The minimum absolute atomic E-state index is 0. The van der Waals surface area contributed by atoms with E-state index in [9.17, 15) is 4.79 Å². The molecule has 0 aliphatic heterocycles. The minimum Gasteiger partial charge on any atom is -0.478 e. The molecule has 1 heterocycles. The molecule has 1 aromatic heterocycles. The van der Waals surface area contributed by atoms with Gasteiger partial charge in [-0.15, -0.1) is 12.4 Å². The maximum atomic E-state index is 11.0. The summed E-state index contributed by atoms with van der Waals surface area (Å²) in [5, 5.41) is 12.3. The van der Waals surface area contributed by atoms with Crippen molar-refractivity contribution in [3.05, 3.63) is 58.7 Å². The van der Waals surface area contributed by atoms with Crippen molar-refractivity contribution in [2.24, 2.45) is 0 Å². The number of nitrogens with zero attached hydrogens (tertiary/aromatic N) is 1. The number of anilines is 1. The predicted octanol–water partition coefficient (Wildman–Crippen LogP) is 3.47. The average molecular weight is 299 g/mol. The lowest BCUT2D eigenvalue weighted by Gasteiger charge is -2.08. The molecule has 2 aromatic rings. The lowest BCUT2D eigenvalue weighted by atomic mass is 10.2. The van der Waals surface area contributed by atoms with E-state index in [1.807, 2.05) is 30.3 Å². The Morgan fingerprint density at radius 3 is 2.63 bits per heavy atom. The Labute approximate surface area is 121 Å². The fraction of sp³-hybridized carbons (Fsp3) is 0.0769. The van der Waals surface area contributed by atoms with Gasteiger partial charge in [0.25, 0.3) is 0 Å². The first-order valence-corrected chi connectivity index (χ1v) is 5.71. The highest BCUT2D eigenvalue weighted by molar-refractivity contribution is 6.30. The van der Waals surface area contributed by atoms with Gasteiger partial charge in [0, 0.05) is 12.7 Å². The molecule has 0 saturated heterocycles.